The molecule has 3 heteroatoms. The average Bonchev–Trinajstić information content (AvgIpc) is 2.45. The number of rotatable bonds is 4. The Labute approximate surface area is 113 Å². The topological polar surface area (TPSA) is 45.9 Å². The first-order chi connectivity index (χ1) is 9.24. The minimum absolute atomic E-state index is 0.613. The van der Waals surface area contributed by atoms with E-state index in [2.05, 4.69) is 18.0 Å². The molecule has 96 valence electrons. The number of aromatic nitrogens is 1. The van der Waals surface area contributed by atoms with Crippen molar-refractivity contribution in [2.24, 2.45) is 0 Å². The van der Waals surface area contributed by atoms with Crippen LogP contribution in [0.1, 0.15) is 24.6 Å². The number of hydrogen-bond donors (Lipinski definition) is 0. The van der Waals surface area contributed by atoms with Crippen molar-refractivity contribution in [3.63, 3.8) is 0 Å². The van der Waals surface area contributed by atoms with Gasteiger partial charge in [-0.05, 0) is 37.6 Å². The number of nitriles is 1. The lowest BCUT2D eigenvalue weighted by atomic mass is 10.1. The van der Waals surface area contributed by atoms with Gasteiger partial charge in [0.2, 0.25) is 0 Å². The molecule has 0 unspecified atom stereocenters. The first kappa shape index (κ1) is 13.1. The lowest BCUT2D eigenvalue weighted by Gasteiger charge is -2.07. The summed E-state index contributed by atoms with van der Waals surface area (Å²) in [4.78, 5) is 4.46. The van der Waals surface area contributed by atoms with Gasteiger partial charge in [0.15, 0.2) is 0 Å². The SMILES string of the molecule is CCCOc1cccc(-c2ccc(C#N)c(C)n2)c1. The predicted octanol–water partition coefficient (Wildman–Crippen LogP) is 3.72. The molecule has 1 aromatic carbocycles. The second kappa shape index (κ2) is 6.01. The molecule has 3 nitrogen and oxygen atoms in total. The van der Waals surface area contributed by atoms with Crippen LogP contribution in [0.2, 0.25) is 0 Å². The van der Waals surface area contributed by atoms with Crippen molar-refractivity contribution < 1.29 is 4.74 Å². The highest BCUT2D eigenvalue weighted by Crippen LogP contribution is 2.23. The highest BCUT2D eigenvalue weighted by atomic mass is 16.5. The van der Waals surface area contributed by atoms with Gasteiger partial charge in [-0.25, -0.2) is 0 Å². The van der Waals surface area contributed by atoms with Crippen LogP contribution in [0.5, 0.6) is 5.75 Å². The van der Waals surface area contributed by atoms with E-state index in [4.69, 9.17) is 10.00 Å². The second-order valence-electron chi connectivity index (χ2n) is 4.32. The monoisotopic (exact) mass is 252 g/mol. The molecule has 0 bridgehead atoms. The summed E-state index contributed by atoms with van der Waals surface area (Å²) in [5.41, 5.74) is 3.22. The summed E-state index contributed by atoms with van der Waals surface area (Å²) in [6, 6.07) is 13.7. The van der Waals surface area contributed by atoms with E-state index in [1.54, 1.807) is 6.07 Å². The smallest absolute Gasteiger partial charge is 0.119 e. The molecule has 0 amide bonds. The highest BCUT2D eigenvalue weighted by Gasteiger charge is 2.04. The Morgan fingerprint density at radius 3 is 2.79 bits per heavy atom. The molecule has 1 heterocycles. The van der Waals surface area contributed by atoms with Crippen LogP contribution in [-0.4, -0.2) is 11.6 Å². The molecule has 0 spiro atoms. The fraction of sp³-hybridized carbons (Fsp3) is 0.250. The van der Waals surface area contributed by atoms with E-state index in [9.17, 15) is 0 Å². The maximum Gasteiger partial charge on any atom is 0.119 e. The van der Waals surface area contributed by atoms with Gasteiger partial charge in [0.25, 0.3) is 0 Å². The summed E-state index contributed by atoms with van der Waals surface area (Å²) in [6.07, 6.45) is 0.985. The van der Waals surface area contributed by atoms with Gasteiger partial charge in [-0.15, -0.1) is 0 Å². The molecule has 1 aromatic heterocycles. The molecular formula is C16H16N2O. The summed E-state index contributed by atoms with van der Waals surface area (Å²) < 4.78 is 5.61. The number of benzene rings is 1. The van der Waals surface area contributed by atoms with Crippen LogP contribution in [0.3, 0.4) is 0 Å². The molecule has 0 saturated carbocycles. The van der Waals surface area contributed by atoms with Crippen LogP contribution in [0.4, 0.5) is 0 Å². The van der Waals surface area contributed by atoms with E-state index in [-0.39, 0.29) is 0 Å². The molecule has 2 rings (SSSR count). The van der Waals surface area contributed by atoms with Gasteiger partial charge in [0.05, 0.1) is 23.6 Å². The van der Waals surface area contributed by atoms with Crippen molar-refractivity contribution in [2.45, 2.75) is 20.3 Å². The second-order valence-corrected chi connectivity index (χ2v) is 4.32. The number of nitrogens with zero attached hydrogens (tertiary/aromatic N) is 2. The van der Waals surface area contributed by atoms with Crippen molar-refractivity contribution in [1.29, 1.82) is 5.26 Å². The number of aryl methyl sites for hydroxylation is 1. The van der Waals surface area contributed by atoms with Crippen molar-refractivity contribution in [3.05, 3.63) is 47.7 Å². The zero-order chi connectivity index (χ0) is 13.7. The Morgan fingerprint density at radius 2 is 2.11 bits per heavy atom. The fourth-order valence-corrected chi connectivity index (χ4v) is 1.81. The standard InChI is InChI=1S/C16H16N2O/c1-3-9-19-15-6-4-5-13(10-15)16-8-7-14(11-17)12(2)18-16/h4-8,10H,3,9H2,1-2H3. The van der Waals surface area contributed by atoms with Gasteiger partial charge in [-0.3, -0.25) is 4.98 Å². The first-order valence-electron chi connectivity index (χ1n) is 6.35. The number of ether oxygens (including phenoxy) is 1. The van der Waals surface area contributed by atoms with Gasteiger partial charge in [0.1, 0.15) is 11.8 Å². The molecule has 0 fully saturated rings. The fourth-order valence-electron chi connectivity index (χ4n) is 1.81. The van der Waals surface area contributed by atoms with Gasteiger partial charge < -0.3 is 4.74 Å². The first-order valence-corrected chi connectivity index (χ1v) is 6.35. The van der Waals surface area contributed by atoms with Crippen LogP contribution >= 0.6 is 0 Å². The average molecular weight is 252 g/mol. The van der Waals surface area contributed by atoms with Crippen LogP contribution in [0, 0.1) is 18.3 Å². The summed E-state index contributed by atoms with van der Waals surface area (Å²) in [7, 11) is 0. The third-order valence-electron chi connectivity index (χ3n) is 2.81. The molecule has 0 radical (unpaired) electrons. The van der Waals surface area contributed by atoms with Gasteiger partial charge in [0, 0.05) is 5.56 Å². The molecule has 0 saturated heterocycles. The molecule has 2 aromatic rings. The van der Waals surface area contributed by atoms with Gasteiger partial charge in [-0.1, -0.05) is 19.1 Å². The van der Waals surface area contributed by atoms with Gasteiger partial charge >= 0.3 is 0 Å². The molecule has 0 aliphatic carbocycles. The number of hydrogen-bond acceptors (Lipinski definition) is 3. The largest absolute Gasteiger partial charge is 0.494 e. The maximum atomic E-state index is 8.91. The highest BCUT2D eigenvalue weighted by molar-refractivity contribution is 5.62. The zero-order valence-corrected chi connectivity index (χ0v) is 11.2. The van der Waals surface area contributed by atoms with Crippen molar-refractivity contribution in [2.75, 3.05) is 6.61 Å². The minimum Gasteiger partial charge on any atom is -0.494 e. The third kappa shape index (κ3) is 3.11. The van der Waals surface area contributed by atoms with Crippen LogP contribution in [-0.2, 0) is 0 Å². The number of pyridine rings is 1. The van der Waals surface area contributed by atoms with Crippen molar-refractivity contribution >= 4 is 0 Å². The Morgan fingerprint density at radius 1 is 1.26 bits per heavy atom. The Kier molecular flexibility index (Phi) is 4.15. The van der Waals surface area contributed by atoms with E-state index < -0.39 is 0 Å². The molecule has 0 atom stereocenters. The van der Waals surface area contributed by atoms with E-state index in [1.165, 1.54) is 0 Å². The summed E-state index contributed by atoms with van der Waals surface area (Å²) >= 11 is 0. The quantitative estimate of drug-likeness (QED) is 0.833. The van der Waals surface area contributed by atoms with Crippen molar-refractivity contribution in [1.82, 2.24) is 4.98 Å². The van der Waals surface area contributed by atoms with E-state index in [0.717, 1.165) is 29.1 Å². The lowest BCUT2D eigenvalue weighted by molar-refractivity contribution is 0.317. The Hall–Kier alpha value is -2.34. The van der Waals surface area contributed by atoms with Gasteiger partial charge in [-0.2, -0.15) is 5.26 Å². The van der Waals surface area contributed by atoms with Crippen LogP contribution in [0.15, 0.2) is 36.4 Å². The van der Waals surface area contributed by atoms with E-state index in [1.807, 2.05) is 37.3 Å². The predicted molar refractivity (Wildman–Crippen MR) is 74.9 cm³/mol. The van der Waals surface area contributed by atoms with E-state index in [0.29, 0.717) is 12.2 Å². The zero-order valence-electron chi connectivity index (χ0n) is 11.2. The lowest BCUT2D eigenvalue weighted by Crippen LogP contribution is -1.95. The minimum atomic E-state index is 0.613. The Bertz CT molecular complexity index is 614. The molecule has 19 heavy (non-hydrogen) atoms. The Balaban J connectivity index is 2.31. The normalized spacial score (nSPS) is 9.95. The molecule has 0 N–H and O–H groups in total. The molecular weight excluding hydrogens is 236 g/mol. The summed E-state index contributed by atoms with van der Waals surface area (Å²) in [6.45, 7) is 4.64. The molecule has 0 aliphatic heterocycles. The summed E-state index contributed by atoms with van der Waals surface area (Å²) in [5, 5.41) is 8.91. The third-order valence-corrected chi connectivity index (χ3v) is 2.81. The van der Waals surface area contributed by atoms with Crippen molar-refractivity contribution in [3.8, 4) is 23.1 Å². The van der Waals surface area contributed by atoms with Crippen LogP contribution < -0.4 is 4.74 Å². The molecule has 0 aliphatic rings. The maximum absolute atomic E-state index is 8.91. The summed E-state index contributed by atoms with van der Waals surface area (Å²) in [5.74, 6) is 0.850. The van der Waals surface area contributed by atoms with E-state index >= 15 is 0 Å². The van der Waals surface area contributed by atoms with Crippen LogP contribution in [0.25, 0.3) is 11.3 Å².